The van der Waals surface area contributed by atoms with Crippen LogP contribution < -0.4 is 5.32 Å². The molecule has 1 saturated carbocycles. The molecule has 4 nitrogen and oxygen atoms in total. The number of nitrogens with zero attached hydrogens (tertiary/aromatic N) is 2. The van der Waals surface area contributed by atoms with Gasteiger partial charge in [-0.1, -0.05) is 6.92 Å². The lowest BCUT2D eigenvalue weighted by Gasteiger charge is -2.14. The molecular weight excluding hydrogens is 226 g/mol. The number of aromatic nitrogens is 1. The van der Waals surface area contributed by atoms with Crippen LogP contribution >= 0.6 is 0 Å². The molecule has 1 atom stereocenters. The van der Waals surface area contributed by atoms with Gasteiger partial charge in [0.05, 0.1) is 12.7 Å². The molecule has 2 aliphatic rings. The van der Waals surface area contributed by atoms with E-state index in [2.05, 4.69) is 22.1 Å². The minimum atomic E-state index is 0.811. The number of likely N-dealkylation sites (tertiary alicyclic amines) is 1. The van der Waals surface area contributed by atoms with E-state index in [-0.39, 0.29) is 0 Å². The van der Waals surface area contributed by atoms with Crippen LogP contribution in [0.4, 0.5) is 0 Å². The van der Waals surface area contributed by atoms with Crippen molar-refractivity contribution in [3.05, 3.63) is 17.8 Å². The van der Waals surface area contributed by atoms with Crippen LogP contribution in [0, 0.1) is 5.92 Å². The number of aryl methyl sites for hydroxylation is 1. The van der Waals surface area contributed by atoms with Crippen LogP contribution in [-0.2, 0) is 13.0 Å². The van der Waals surface area contributed by atoms with Crippen molar-refractivity contribution >= 4 is 0 Å². The van der Waals surface area contributed by atoms with Gasteiger partial charge in [0.15, 0.2) is 0 Å². The van der Waals surface area contributed by atoms with Crippen LogP contribution in [-0.4, -0.2) is 35.6 Å². The van der Waals surface area contributed by atoms with E-state index >= 15 is 0 Å². The Morgan fingerprint density at radius 2 is 2.33 bits per heavy atom. The fourth-order valence-electron chi connectivity index (χ4n) is 2.62. The minimum absolute atomic E-state index is 0.811. The summed E-state index contributed by atoms with van der Waals surface area (Å²) < 4.78 is 5.67. The van der Waals surface area contributed by atoms with Crippen LogP contribution in [0.1, 0.15) is 37.8 Å². The second-order valence-corrected chi connectivity index (χ2v) is 5.65. The highest BCUT2D eigenvalue weighted by molar-refractivity contribution is 4.94. The molecule has 0 bridgehead atoms. The van der Waals surface area contributed by atoms with Gasteiger partial charge in [-0.15, -0.1) is 0 Å². The van der Waals surface area contributed by atoms with Crippen LogP contribution in [0.5, 0.6) is 0 Å². The van der Waals surface area contributed by atoms with Gasteiger partial charge in [0, 0.05) is 19.0 Å². The maximum absolute atomic E-state index is 5.67. The minimum Gasteiger partial charge on any atom is -0.444 e. The molecular formula is C14H23N3O. The summed E-state index contributed by atoms with van der Waals surface area (Å²) in [6.07, 6.45) is 6.86. The van der Waals surface area contributed by atoms with E-state index in [0.29, 0.717) is 0 Å². The third-order valence-corrected chi connectivity index (χ3v) is 3.95. The largest absolute Gasteiger partial charge is 0.444 e. The maximum Gasteiger partial charge on any atom is 0.208 e. The van der Waals surface area contributed by atoms with E-state index in [1.165, 1.54) is 38.9 Å². The third kappa shape index (κ3) is 3.12. The number of rotatable bonds is 6. The average molecular weight is 249 g/mol. The summed E-state index contributed by atoms with van der Waals surface area (Å²) in [7, 11) is 0. The highest BCUT2D eigenvalue weighted by Gasteiger charge is 2.26. The zero-order valence-corrected chi connectivity index (χ0v) is 11.2. The first-order chi connectivity index (χ1) is 8.83. The van der Waals surface area contributed by atoms with Crippen LogP contribution in [0.25, 0.3) is 0 Å². The molecule has 0 radical (unpaired) electrons. The summed E-state index contributed by atoms with van der Waals surface area (Å²) in [5.41, 5.74) is 0. The monoisotopic (exact) mass is 249 g/mol. The Morgan fingerprint density at radius 1 is 1.44 bits per heavy atom. The highest BCUT2D eigenvalue weighted by Crippen LogP contribution is 2.22. The number of hydrogen-bond donors (Lipinski definition) is 1. The van der Waals surface area contributed by atoms with E-state index in [1.54, 1.807) is 0 Å². The van der Waals surface area contributed by atoms with Crippen molar-refractivity contribution < 1.29 is 4.42 Å². The quantitative estimate of drug-likeness (QED) is 0.835. The lowest BCUT2D eigenvalue weighted by molar-refractivity contribution is 0.275. The molecule has 1 unspecified atom stereocenters. The Bertz CT molecular complexity index is 386. The molecule has 1 aromatic heterocycles. The van der Waals surface area contributed by atoms with E-state index < -0.39 is 0 Å². The van der Waals surface area contributed by atoms with Gasteiger partial charge in [-0.25, -0.2) is 4.98 Å². The molecule has 2 fully saturated rings. The molecule has 1 aliphatic heterocycles. The Morgan fingerprint density at radius 3 is 3.06 bits per heavy atom. The molecule has 0 amide bonds. The fourth-order valence-corrected chi connectivity index (χ4v) is 2.62. The third-order valence-electron chi connectivity index (χ3n) is 3.95. The first-order valence-corrected chi connectivity index (χ1v) is 7.23. The van der Waals surface area contributed by atoms with Crippen molar-refractivity contribution in [1.82, 2.24) is 15.2 Å². The van der Waals surface area contributed by atoms with E-state index in [4.69, 9.17) is 4.42 Å². The van der Waals surface area contributed by atoms with Crippen molar-refractivity contribution in [2.24, 2.45) is 5.92 Å². The summed E-state index contributed by atoms with van der Waals surface area (Å²) in [5, 5.41) is 3.63. The van der Waals surface area contributed by atoms with Gasteiger partial charge in [-0.2, -0.15) is 0 Å². The second kappa shape index (κ2) is 5.41. The topological polar surface area (TPSA) is 41.3 Å². The summed E-state index contributed by atoms with van der Waals surface area (Å²) >= 11 is 0. The number of oxazole rings is 1. The number of nitrogens with one attached hydrogen (secondary N) is 1. The lowest BCUT2D eigenvalue weighted by Crippen LogP contribution is -2.27. The maximum atomic E-state index is 5.67. The predicted octanol–water partition coefficient (Wildman–Crippen LogP) is 1.81. The normalized spacial score (nSPS) is 24.8. The van der Waals surface area contributed by atoms with E-state index in [0.717, 1.165) is 36.6 Å². The van der Waals surface area contributed by atoms with Gasteiger partial charge < -0.3 is 9.73 Å². The van der Waals surface area contributed by atoms with E-state index in [1.807, 2.05) is 6.20 Å². The molecule has 4 heteroatoms. The van der Waals surface area contributed by atoms with Crippen molar-refractivity contribution in [1.29, 1.82) is 0 Å². The molecule has 0 spiro atoms. The Hall–Kier alpha value is -0.870. The van der Waals surface area contributed by atoms with Gasteiger partial charge in [-0.3, -0.25) is 4.90 Å². The number of hydrogen-bond acceptors (Lipinski definition) is 4. The van der Waals surface area contributed by atoms with Gasteiger partial charge in [-0.05, 0) is 38.3 Å². The average Bonchev–Trinajstić information content (AvgIpc) is 2.93. The van der Waals surface area contributed by atoms with Crippen LogP contribution in [0.2, 0.25) is 0 Å². The molecule has 1 saturated heterocycles. The van der Waals surface area contributed by atoms with Gasteiger partial charge in [0.25, 0.3) is 0 Å². The molecule has 3 rings (SSSR count). The zero-order valence-electron chi connectivity index (χ0n) is 11.2. The molecule has 0 aromatic carbocycles. The Balaban J connectivity index is 1.43. The molecule has 1 aliphatic carbocycles. The Labute approximate surface area is 109 Å². The van der Waals surface area contributed by atoms with Crippen LogP contribution in [0.15, 0.2) is 10.6 Å². The summed E-state index contributed by atoms with van der Waals surface area (Å²) in [5.74, 6) is 2.69. The first kappa shape index (κ1) is 12.2. The van der Waals surface area contributed by atoms with Gasteiger partial charge in [0.1, 0.15) is 5.76 Å². The summed E-state index contributed by atoms with van der Waals surface area (Å²) in [6.45, 7) is 6.52. The lowest BCUT2D eigenvalue weighted by atomic mass is 10.1. The molecule has 100 valence electrons. The van der Waals surface area contributed by atoms with Gasteiger partial charge in [0.2, 0.25) is 5.89 Å². The van der Waals surface area contributed by atoms with Crippen molar-refractivity contribution in [2.75, 3.05) is 19.6 Å². The van der Waals surface area contributed by atoms with E-state index in [9.17, 15) is 0 Å². The highest BCUT2D eigenvalue weighted by atomic mass is 16.4. The van der Waals surface area contributed by atoms with Crippen molar-refractivity contribution in [3.63, 3.8) is 0 Å². The SMILES string of the molecule is CCc1cnc(CN2CCC(CNC3CC3)C2)o1. The Kier molecular flexibility index (Phi) is 3.66. The summed E-state index contributed by atoms with van der Waals surface area (Å²) in [6, 6.07) is 0.831. The van der Waals surface area contributed by atoms with Gasteiger partial charge >= 0.3 is 0 Å². The standard InChI is InChI=1S/C14H23N3O/c1-2-13-8-16-14(18-13)10-17-6-5-11(9-17)7-15-12-3-4-12/h8,11-12,15H,2-7,9-10H2,1H3. The smallest absolute Gasteiger partial charge is 0.208 e. The fraction of sp³-hybridized carbons (Fsp3) is 0.786. The second-order valence-electron chi connectivity index (χ2n) is 5.65. The van der Waals surface area contributed by atoms with Crippen LogP contribution in [0.3, 0.4) is 0 Å². The molecule has 1 N–H and O–H groups in total. The molecule has 2 heterocycles. The van der Waals surface area contributed by atoms with Crippen molar-refractivity contribution in [2.45, 2.75) is 45.2 Å². The zero-order chi connectivity index (χ0) is 12.4. The van der Waals surface area contributed by atoms with Crippen molar-refractivity contribution in [3.8, 4) is 0 Å². The summed E-state index contributed by atoms with van der Waals surface area (Å²) in [4.78, 5) is 6.80. The molecule has 18 heavy (non-hydrogen) atoms. The molecule has 1 aromatic rings. The predicted molar refractivity (Wildman–Crippen MR) is 70.3 cm³/mol. The first-order valence-electron chi connectivity index (χ1n) is 7.23.